The number of hydrogen-bond acceptors (Lipinski definition) is 8. The summed E-state index contributed by atoms with van der Waals surface area (Å²) < 4.78 is 18.4. The number of carbonyl (C=O) groups excluding carboxylic acids is 2. The average Bonchev–Trinajstić information content (AvgIpc) is 3.50. The second kappa shape index (κ2) is 13.2. The second-order valence-corrected chi connectivity index (χ2v) is 12.0. The highest BCUT2D eigenvalue weighted by Gasteiger charge is 2.28. The number of anilines is 2. The van der Waals surface area contributed by atoms with Crippen LogP contribution >= 0.6 is 11.3 Å². The van der Waals surface area contributed by atoms with E-state index in [4.69, 9.17) is 14.2 Å². The van der Waals surface area contributed by atoms with E-state index in [1.807, 2.05) is 29.5 Å². The molecule has 3 aliphatic rings. The quantitative estimate of drug-likeness (QED) is 0.246. The summed E-state index contributed by atoms with van der Waals surface area (Å²) in [5, 5.41) is 3.55. The predicted molar refractivity (Wildman–Crippen MR) is 162 cm³/mol. The Morgan fingerprint density at radius 2 is 1.83 bits per heavy atom. The van der Waals surface area contributed by atoms with Crippen LogP contribution in [-0.2, 0) is 25.5 Å². The molecule has 4 heterocycles. The van der Waals surface area contributed by atoms with E-state index >= 15 is 0 Å². The number of hydrogen-bond donors (Lipinski definition) is 0. The summed E-state index contributed by atoms with van der Waals surface area (Å²) in [5.74, 6) is 0.321. The Bertz CT molecular complexity index is 1350. The van der Waals surface area contributed by atoms with Crippen molar-refractivity contribution in [2.75, 3.05) is 69.1 Å². The Labute approximate surface area is 245 Å². The Hall–Kier alpha value is -3.14. The molecule has 2 saturated heterocycles. The summed E-state index contributed by atoms with van der Waals surface area (Å²) in [6.07, 6.45) is 4.50. The highest BCUT2D eigenvalue weighted by Crippen LogP contribution is 2.33. The zero-order valence-corrected chi connectivity index (χ0v) is 24.4. The summed E-state index contributed by atoms with van der Waals surface area (Å²) in [7, 11) is 0. The SMILES string of the molecule is O=C(OCN1C(=O)CCc2ccc(OCCCCN3CCN(c4cccc5sccc45)CC3)cc21)C1CCOCC1. The van der Waals surface area contributed by atoms with Gasteiger partial charge >= 0.3 is 5.97 Å². The van der Waals surface area contributed by atoms with Gasteiger partial charge in [-0.2, -0.15) is 0 Å². The second-order valence-electron chi connectivity index (χ2n) is 11.1. The molecule has 0 radical (unpaired) electrons. The maximum Gasteiger partial charge on any atom is 0.310 e. The third-order valence-corrected chi connectivity index (χ3v) is 9.35. The fourth-order valence-electron chi connectivity index (χ4n) is 6.02. The van der Waals surface area contributed by atoms with Crippen LogP contribution in [0.4, 0.5) is 11.4 Å². The van der Waals surface area contributed by atoms with Crippen LogP contribution in [-0.4, -0.2) is 76.1 Å². The lowest BCUT2D eigenvalue weighted by Gasteiger charge is -2.36. The number of carbonyl (C=O) groups is 2. The van der Waals surface area contributed by atoms with E-state index in [1.165, 1.54) is 15.8 Å². The molecule has 1 aromatic heterocycles. The van der Waals surface area contributed by atoms with E-state index < -0.39 is 0 Å². The van der Waals surface area contributed by atoms with Gasteiger partial charge in [-0.1, -0.05) is 12.1 Å². The first-order chi connectivity index (χ1) is 20.2. The minimum absolute atomic E-state index is 0.0264. The van der Waals surface area contributed by atoms with Crippen LogP contribution in [0.2, 0.25) is 0 Å². The molecule has 6 rings (SSSR count). The van der Waals surface area contributed by atoms with Crippen LogP contribution in [0.15, 0.2) is 47.8 Å². The van der Waals surface area contributed by atoms with Gasteiger partial charge in [0.05, 0.1) is 18.2 Å². The summed E-state index contributed by atoms with van der Waals surface area (Å²) in [6.45, 7) is 7.08. The minimum Gasteiger partial charge on any atom is -0.494 e. The van der Waals surface area contributed by atoms with Gasteiger partial charge in [0, 0.05) is 67.7 Å². The van der Waals surface area contributed by atoms with Crippen LogP contribution in [0, 0.1) is 5.92 Å². The van der Waals surface area contributed by atoms with Crippen LogP contribution in [0.3, 0.4) is 0 Å². The zero-order valence-electron chi connectivity index (χ0n) is 23.6. The fourth-order valence-corrected chi connectivity index (χ4v) is 6.83. The molecule has 41 heavy (non-hydrogen) atoms. The van der Waals surface area contributed by atoms with Crippen molar-refractivity contribution in [2.24, 2.45) is 5.92 Å². The number of esters is 1. The lowest BCUT2D eigenvalue weighted by atomic mass is 10.0. The van der Waals surface area contributed by atoms with E-state index in [0.29, 0.717) is 45.5 Å². The van der Waals surface area contributed by atoms with Crippen molar-refractivity contribution in [3.05, 3.63) is 53.4 Å². The maximum absolute atomic E-state index is 12.7. The maximum atomic E-state index is 12.7. The largest absolute Gasteiger partial charge is 0.494 e. The summed E-state index contributed by atoms with van der Waals surface area (Å²) in [4.78, 5) is 31.9. The molecule has 3 aliphatic heterocycles. The molecular formula is C32H39N3O5S. The third-order valence-electron chi connectivity index (χ3n) is 8.47. The fraction of sp³-hybridized carbons (Fsp3) is 0.500. The van der Waals surface area contributed by atoms with Gasteiger partial charge in [-0.3, -0.25) is 19.4 Å². The third kappa shape index (κ3) is 6.68. The number of unbranched alkanes of at least 4 members (excludes halogenated alkanes) is 1. The number of amides is 1. The zero-order chi connectivity index (χ0) is 28.0. The van der Waals surface area contributed by atoms with Gasteiger partial charge in [0.1, 0.15) is 5.75 Å². The molecule has 0 spiro atoms. The summed E-state index contributed by atoms with van der Waals surface area (Å²) >= 11 is 1.81. The van der Waals surface area contributed by atoms with Gasteiger partial charge < -0.3 is 19.1 Å². The van der Waals surface area contributed by atoms with Crippen LogP contribution in [0.1, 0.15) is 37.7 Å². The monoisotopic (exact) mass is 577 g/mol. The number of ether oxygens (including phenoxy) is 3. The van der Waals surface area contributed by atoms with Crippen molar-refractivity contribution >= 4 is 44.7 Å². The molecule has 0 N–H and O–H groups in total. The Kier molecular flexibility index (Phi) is 9.03. The number of rotatable bonds is 10. The Balaban J connectivity index is 0.942. The van der Waals surface area contributed by atoms with Crippen molar-refractivity contribution in [1.29, 1.82) is 0 Å². The number of nitrogens with zero attached hydrogens (tertiary/aromatic N) is 3. The summed E-state index contributed by atoms with van der Waals surface area (Å²) in [6, 6.07) is 14.8. The standard InChI is InChI=1S/C32H39N3O5S/c36-31-9-7-24-6-8-26(22-29(24)35(31)23-40-32(37)25-10-19-38-20-11-25)39-18-2-1-13-33-14-16-34(17-15-33)28-4-3-5-30-27(28)12-21-41-30/h3-6,8,12,21-22,25H,1-2,7,9-11,13-20,23H2. The van der Waals surface area contributed by atoms with Gasteiger partial charge in [-0.25, -0.2) is 0 Å². The topological polar surface area (TPSA) is 71.6 Å². The highest BCUT2D eigenvalue weighted by atomic mass is 32.1. The smallest absolute Gasteiger partial charge is 0.310 e. The van der Waals surface area contributed by atoms with E-state index in [0.717, 1.165) is 62.6 Å². The van der Waals surface area contributed by atoms with Gasteiger partial charge in [-0.15, -0.1) is 11.3 Å². The molecular weight excluding hydrogens is 538 g/mol. The number of aryl methyl sites for hydroxylation is 1. The first kappa shape index (κ1) is 28.0. The average molecular weight is 578 g/mol. The van der Waals surface area contributed by atoms with E-state index in [9.17, 15) is 9.59 Å². The number of thiophene rings is 1. The van der Waals surface area contributed by atoms with Gasteiger partial charge in [0.15, 0.2) is 6.73 Å². The lowest BCUT2D eigenvalue weighted by Crippen LogP contribution is -2.46. The van der Waals surface area contributed by atoms with Crippen molar-refractivity contribution in [1.82, 2.24) is 4.90 Å². The molecule has 0 atom stereocenters. The first-order valence-electron chi connectivity index (χ1n) is 14.9. The van der Waals surface area contributed by atoms with Gasteiger partial charge in [0.2, 0.25) is 5.91 Å². The van der Waals surface area contributed by atoms with E-state index in [-0.39, 0.29) is 24.5 Å². The number of benzene rings is 2. The van der Waals surface area contributed by atoms with Crippen molar-refractivity contribution in [2.45, 2.75) is 38.5 Å². The molecule has 3 aromatic rings. The Morgan fingerprint density at radius 1 is 0.976 bits per heavy atom. The van der Waals surface area contributed by atoms with Crippen molar-refractivity contribution in [3.8, 4) is 5.75 Å². The molecule has 2 fully saturated rings. The molecule has 2 aromatic carbocycles. The molecule has 8 nitrogen and oxygen atoms in total. The highest BCUT2D eigenvalue weighted by molar-refractivity contribution is 7.17. The molecule has 1 amide bonds. The van der Waals surface area contributed by atoms with Crippen molar-refractivity contribution < 1.29 is 23.8 Å². The molecule has 0 unspecified atom stereocenters. The van der Waals surface area contributed by atoms with E-state index in [1.54, 1.807) is 4.90 Å². The van der Waals surface area contributed by atoms with Crippen molar-refractivity contribution in [3.63, 3.8) is 0 Å². The Morgan fingerprint density at radius 3 is 2.68 bits per heavy atom. The predicted octanol–water partition coefficient (Wildman–Crippen LogP) is 5.09. The van der Waals surface area contributed by atoms with Gasteiger partial charge in [-0.05, 0) is 73.9 Å². The first-order valence-corrected chi connectivity index (χ1v) is 15.8. The summed E-state index contributed by atoms with van der Waals surface area (Å²) in [5.41, 5.74) is 3.22. The van der Waals surface area contributed by atoms with Crippen LogP contribution < -0.4 is 14.5 Å². The van der Waals surface area contributed by atoms with Crippen LogP contribution in [0.5, 0.6) is 5.75 Å². The molecule has 0 bridgehead atoms. The molecule has 0 aliphatic carbocycles. The van der Waals surface area contributed by atoms with Gasteiger partial charge in [0.25, 0.3) is 0 Å². The minimum atomic E-state index is -0.248. The molecule has 218 valence electrons. The van der Waals surface area contributed by atoms with E-state index in [2.05, 4.69) is 39.4 Å². The number of piperazine rings is 1. The van der Waals surface area contributed by atoms with Crippen LogP contribution in [0.25, 0.3) is 10.1 Å². The normalized spacial score (nSPS) is 18.5. The lowest BCUT2D eigenvalue weighted by molar-refractivity contribution is -0.152. The molecule has 9 heteroatoms. The molecule has 0 saturated carbocycles. The number of fused-ring (bicyclic) bond motifs is 2.